The van der Waals surface area contributed by atoms with Gasteiger partial charge in [-0.15, -0.1) is 0 Å². The topological polar surface area (TPSA) is 32.3 Å². The van der Waals surface area contributed by atoms with Crippen LogP contribution in [-0.4, -0.2) is 17.8 Å². The van der Waals surface area contributed by atoms with Crippen molar-refractivity contribution in [3.63, 3.8) is 0 Å². The molecule has 2 N–H and O–H groups in total. The van der Waals surface area contributed by atoms with E-state index in [1.54, 1.807) is 0 Å². The molecule has 0 aliphatic heterocycles. The summed E-state index contributed by atoms with van der Waals surface area (Å²) in [6.07, 6.45) is -2.18. The predicted octanol–water partition coefficient (Wildman–Crippen LogP) is 2.49. The van der Waals surface area contributed by atoms with Gasteiger partial charge in [0.25, 0.3) is 0 Å². The van der Waals surface area contributed by atoms with E-state index in [0.29, 0.717) is 11.6 Å². The Morgan fingerprint density at radius 1 is 1.24 bits per heavy atom. The van der Waals surface area contributed by atoms with Crippen molar-refractivity contribution < 1.29 is 18.3 Å². The summed E-state index contributed by atoms with van der Waals surface area (Å²) in [6.45, 7) is -0.109. The smallest absolute Gasteiger partial charge is 0.394 e. The fourth-order valence-electron chi connectivity index (χ4n) is 1.69. The van der Waals surface area contributed by atoms with Gasteiger partial charge in [0, 0.05) is 6.04 Å². The normalized spacial score (nSPS) is 18.1. The lowest BCUT2D eigenvalue weighted by Gasteiger charge is -2.17. The molecule has 0 heterocycles. The van der Waals surface area contributed by atoms with Gasteiger partial charge in [0.2, 0.25) is 0 Å². The molecular formula is C12H14F3NO. The van der Waals surface area contributed by atoms with Gasteiger partial charge in [0.05, 0.1) is 18.2 Å². The summed E-state index contributed by atoms with van der Waals surface area (Å²) in [7, 11) is 0. The van der Waals surface area contributed by atoms with Crippen molar-refractivity contribution in [3.05, 3.63) is 35.4 Å². The average Bonchev–Trinajstić information content (AvgIpc) is 3.09. The van der Waals surface area contributed by atoms with Gasteiger partial charge in [-0.1, -0.05) is 12.1 Å². The second kappa shape index (κ2) is 4.66. The van der Waals surface area contributed by atoms with Gasteiger partial charge >= 0.3 is 6.18 Å². The molecule has 0 radical (unpaired) electrons. The van der Waals surface area contributed by atoms with Gasteiger partial charge in [0.1, 0.15) is 0 Å². The minimum atomic E-state index is -4.31. The van der Waals surface area contributed by atoms with E-state index in [2.05, 4.69) is 5.32 Å². The molecule has 1 unspecified atom stereocenters. The quantitative estimate of drug-likeness (QED) is 0.854. The van der Waals surface area contributed by atoms with Gasteiger partial charge in [-0.05, 0) is 30.5 Å². The van der Waals surface area contributed by atoms with Crippen LogP contribution in [0.2, 0.25) is 0 Å². The number of hydrogen-bond donors (Lipinski definition) is 2. The fourth-order valence-corrected chi connectivity index (χ4v) is 1.69. The summed E-state index contributed by atoms with van der Waals surface area (Å²) in [4.78, 5) is 0. The molecule has 0 spiro atoms. The van der Waals surface area contributed by atoms with Gasteiger partial charge in [-0.3, -0.25) is 0 Å². The maximum absolute atomic E-state index is 12.4. The maximum atomic E-state index is 12.4. The second-order valence-electron chi connectivity index (χ2n) is 4.30. The van der Waals surface area contributed by atoms with Crippen molar-refractivity contribution in [1.82, 2.24) is 5.32 Å². The lowest BCUT2D eigenvalue weighted by atomic mass is 10.1. The van der Waals surface area contributed by atoms with E-state index in [0.717, 1.165) is 25.0 Å². The molecule has 2 rings (SSSR count). The molecule has 0 aromatic heterocycles. The molecule has 1 saturated carbocycles. The zero-order valence-corrected chi connectivity index (χ0v) is 9.17. The zero-order chi connectivity index (χ0) is 12.5. The lowest BCUT2D eigenvalue weighted by molar-refractivity contribution is -0.137. The SMILES string of the molecule is OCC(NC1CC1)c1ccc(C(F)(F)F)cc1. The Morgan fingerprint density at radius 3 is 2.24 bits per heavy atom. The molecule has 5 heteroatoms. The number of alkyl halides is 3. The van der Waals surface area contributed by atoms with Crippen LogP contribution in [0.3, 0.4) is 0 Å². The largest absolute Gasteiger partial charge is 0.416 e. The van der Waals surface area contributed by atoms with Crippen LogP contribution in [0.4, 0.5) is 13.2 Å². The molecule has 1 aromatic carbocycles. The summed E-state index contributed by atoms with van der Waals surface area (Å²) >= 11 is 0. The highest BCUT2D eigenvalue weighted by Gasteiger charge is 2.30. The molecule has 0 bridgehead atoms. The van der Waals surface area contributed by atoms with Crippen molar-refractivity contribution in [3.8, 4) is 0 Å². The number of halogens is 3. The Labute approximate surface area is 97.5 Å². The van der Waals surface area contributed by atoms with Gasteiger partial charge < -0.3 is 10.4 Å². The van der Waals surface area contributed by atoms with Crippen LogP contribution in [0.1, 0.15) is 30.0 Å². The minimum absolute atomic E-state index is 0.109. The molecule has 1 atom stereocenters. The molecule has 1 aromatic rings. The summed E-state index contributed by atoms with van der Waals surface area (Å²) < 4.78 is 37.1. The van der Waals surface area contributed by atoms with Crippen molar-refractivity contribution in [2.24, 2.45) is 0 Å². The number of hydrogen-bond acceptors (Lipinski definition) is 2. The van der Waals surface area contributed by atoms with Crippen molar-refractivity contribution >= 4 is 0 Å². The molecule has 17 heavy (non-hydrogen) atoms. The third-order valence-corrected chi connectivity index (χ3v) is 2.84. The van der Waals surface area contributed by atoms with E-state index in [-0.39, 0.29) is 12.6 Å². The maximum Gasteiger partial charge on any atom is 0.416 e. The fraction of sp³-hybridized carbons (Fsp3) is 0.500. The van der Waals surface area contributed by atoms with Crippen LogP contribution >= 0.6 is 0 Å². The monoisotopic (exact) mass is 245 g/mol. The lowest BCUT2D eigenvalue weighted by Crippen LogP contribution is -2.26. The highest BCUT2D eigenvalue weighted by Crippen LogP contribution is 2.30. The number of aliphatic hydroxyl groups excluding tert-OH is 1. The number of aliphatic hydroxyl groups is 1. The molecule has 2 nitrogen and oxygen atoms in total. The summed E-state index contributed by atoms with van der Waals surface area (Å²) in [5.74, 6) is 0. The second-order valence-corrected chi connectivity index (χ2v) is 4.30. The summed E-state index contributed by atoms with van der Waals surface area (Å²) in [6, 6.07) is 5.05. The molecule has 1 fully saturated rings. The summed E-state index contributed by atoms with van der Waals surface area (Å²) in [5, 5.41) is 12.4. The van der Waals surface area contributed by atoms with Crippen LogP contribution in [0.25, 0.3) is 0 Å². The van der Waals surface area contributed by atoms with Crippen LogP contribution in [-0.2, 0) is 6.18 Å². The van der Waals surface area contributed by atoms with Crippen molar-refractivity contribution in [2.75, 3.05) is 6.61 Å². The van der Waals surface area contributed by atoms with Crippen molar-refractivity contribution in [2.45, 2.75) is 31.1 Å². The van der Waals surface area contributed by atoms with Gasteiger partial charge in [-0.2, -0.15) is 13.2 Å². The first-order valence-electron chi connectivity index (χ1n) is 5.55. The van der Waals surface area contributed by atoms with Gasteiger partial charge in [-0.25, -0.2) is 0 Å². The van der Waals surface area contributed by atoms with E-state index < -0.39 is 11.7 Å². The Morgan fingerprint density at radius 2 is 1.82 bits per heavy atom. The molecule has 0 saturated heterocycles. The number of rotatable bonds is 4. The van der Waals surface area contributed by atoms with Crippen molar-refractivity contribution in [1.29, 1.82) is 0 Å². The minimum Gasteiger partial charge on any atom is -0.394 e. The van der Waals surface area contributed by atoms with E-state index in [1.165, 1.54) is 12.1 Å². The third-order valence-electron chi connectivity index (χ3n) is 2.84. The predicted molar refractivity (Wildman–Crippen MR) is 57.4 cm³/mol. The van der Waals surface area contributed by atoms with Gasteiger partial charge in [0.15, 0.2) is 0 Å². The van der Waals surface area contributed by atoms with Crippen LogP contribution < -0.4 is 5.32 Å². The number of nitrogens with one attached hydrogen (secondary N) is 1. The highest BCUT2D eigenvalue weighted by atomic mass is 19.4. The highest BCUT2D eigenvalue weighted by molar-refractivity contribution is 5.27. The Balaban J connectivity index is 2.09. The van der Waals surface area contributed by atoms with E-state index in [9.17, 15) is 18.3 Å². The van der Waals surface area contributed by atoms with Crippen LogP contribution in [0, 0.1) is 0 Å². The zero-order valence-electron chi connectivity index (χ0n) is 9.17. The first kappa shape index (κ1) is 12.4. The van der Waals surface area contributed by atoms with E-state index >= 15 is 0 Å². The summed E-state index contributed by atoms with van der Waals surface area (Å²) in [5.41, 5.74) is 0.0248. The molecular weight excluding hydrogens is 231 g/mol. The first-order chi connectivity index (χ1) is 8.00. The molecule has 1 aliphatic rings. The average molecular weight is 245 g/mol. The Kier molecular flexibility index (Phi) is 3.40. The Bertz CT molecular complexity index is 370. The van der Waals surface area contributed by atoms with Crippen LogP contribution in [0.5, 0.6) is 0 Å². The number of benzene rings is 1. The first-order valence-corrected chi connectivity index (χ1v) is 5.55. The standard InChI is InChI=1S/C12H14F3NO/c13-12(14,15)9-3-1-8(2-4-9)11(7-17)16-10-5-6-10/h1-4,10-11,16-17H,5-7H2. The van der Waals surface area contributed by atoms with Crippen LogP contribution in [0.15, 0.2) is 24.3 Å². The molecule has 94 valence electrons. The molecule has 0 amide bonds. The van der Waals surface area contributed by atoms with E-state index in [1.807, 2.05) is 0 Å². The third kappa shape index (κ3) is 3.20. The Hall–Kier alpha value is -1.07. The molecule has 1 aliphatic carbocycles. The van der Waals surface area contributed by atoms with E-state index in [4.69, 9.17) is 0 Å².